The van der Waals surface area contributed by atoms with Crippen molar-refractivity contribution in [1.29, 1.82) is 0 Å². The molecule has 2 rings (SSSR count). The lowest BCUT2D eigenvalue weighted by Crippen LogP contribution is -2.30. The SMILES string of the molecule is COc1ccc(OC)c(CCNC(=O)Nc2cccs2)c1. The van der Waals surface area contributed by atoms with Gasteiger partial charge in [0.1, 0.15) is 11.5 Å². The van der Waals surface area contributed by atoms with Crippen LogP contribution in [0, 0.1) is 0 Å². The molecule has 5 nitrogen and oxygen atoms in total. The van der Waals surface area contributed by atoms with E-state index in [0.717, 1.165) is 22.1 Å². The van der Waals surface area contributed by atoms with E-state index in [-0.39, 0.29) is 6.03 Å². The molecule has 0 saturated carbocycles. The van der Waals surface area contributed by atoms with Crippen LogP contribution in [-0.4, -0.2) is 26.8 Å². The first-order chi connectivity index (χ1) is 10.2. The molecule has 2 amide bonds. The minimum atomic E-state index is -0.209. The van der Waals surface area contributed by atoms with Crippen LogP contribution in [0.15, 0.2) is 35.7 Å². The Bertz CT molecular complexity index is 585. The summed E-state index contributed by atoms with van der Waals surface area (Å²) in [5.74, 6) is 1.56. The van der Waals surface area contributed by atoms with Crippen LogP contribution >= 0.6 is 11.3 Å². The lowest BCUT2D eigenvalue weighted by Gasteiger charge is -2.11. The van der Waals surface area contributed by atoms with E-state index >= 15 is 0 Å². The van der Waals surface area contributed by atoms with Crippen molar-refractivity contribution in [1.82, 2.24) is 5.32 Å². The van der Waals surface area contributed by atoms with Crippen LogP contribution in [0.2, 0.25) is 0 Å². The van der Waals surface area contributed by atoms with Crippen LogP contribution in [-0.2, 0) is 6.42 Å². The molecule has 0 aliphatic carbocycles. The minimum absolute atomic E-state index is 0.209. The molecule has 0 aliphatic heterocycles. The summed E-state index contributed by atoms with van der Waals surface area (Å²) >= 11 is 1.48. The second-order valence-electron chi connectivity index (χ2n) is 4.29. The van der Waals surface area contributed by atoms with Gasteiger partial charge in [0, 0.05) is 6.54 Å². The van der Waals surface area contributed by atoms with Crippen LogP contribution < -0.4 is 20.1 Å². The van der Waals surface area contributed by atoms with Crippen molar-refractivity contribution in [2.24, 2.45) is 0 Å². The van der Waals surface area contributed by atoms with Crippen molar-refractivity contribution >= 4 is 22.4 Å². The molecule has 6 heteroatoms. The van der Waals surface area contributed by atoms with Gasteiger partial charge in [-0.2, -0.15) is 0 Å². The molecule has 0 unspecified atom stereocenters. The van der Waals surface area contributed by atoms with E-state index in [0.29, 0.717) is 13.0 Å². The number of urea groups is 1. The van der Waals surface area contributed by atoms with E-state index in [2.05, 4.69) is 10.6 Å². The Morgan fingerprint density at radius 3 is 2.76 bits per heavy atom. The number of anilines is 1. The summed E-state index contributed by atoms with van der Waals surface area (Å²) in [6, 6.07) is 9.16. The molecule has 1 aromatic carbocycles. The lowest BCUT2D eigenvalue weighted by molar-refractivity contribution is 0.252. The minimum Gasteiger partial charge on any atom is -0.497 e. The van der Waals surface area contributed by atoms with Crippen LogP contribution in [0.25, 0.3) is 0 Å². The van der Waals surface area contributed by atoms with Crippen molar-refractivity contribution < 1.29 is 14.3 Å². The molecule has 0 bridgehead atoms. The van der Waals surface area contributed by atoms with Gasteiger partial charge in [-0.1, -0.05) is 0 Å². The molecule has 0 saturated heterocycles. The highest BCUT2D eigenvalue weighted by Crippen LogP contribution is 2.24. The molecule has 1 aromatic heterocycles. The third kappa shape index (κ3) is 4.39. The second-order valence-corrected chi connectivity index (χ2v) is 5.23. The molecule has 21 heavy (non-hydrogen) atoms. The van der Waals surface area contributed by atoms with Crippen LogP contribution in [0.5, 0.6) is 11.5 Å². The Labute approximate surface area is 127 Å². The van der Waals surface area contributed by atoms with Crippen molar-refractivity contribution in [2.75, 3.05) is 26.1 Å². The summed E-state index contributed by atoms with van der Waals surface area (Å²) in [4.78, 5) is 11.7. The van der Waals surface area contributed by atoms with Crippen LogP contribution in [0.1, 0.15) is 5.56 Å². The van der Waals surface area contributed by atoms with Crippen molar-refractivity contribution in [3.05, 3.63) is 41.3 Å². The van der Waals surface area contributed by atoms with Gasteiger partial charge in [-0.3, -0.25) is 5.32 Å². The number of carbonyl (C=O) groups excluding carboxylic acids is 1. The summed E-state index contributed by atoms with van der Waals surface area (Å²) < 4.78 is 10.5. The Morgan fingerprint density at radius 1 is 1.24 bits per heavy atom. The summed E-state index contributed by atoms with van der Waals surface area (Å²) in [6.07, 6.45) is 0.665. The maximum absolute atomic E-state index is 11.7. The third-order valence-electron chi connectivity index (χ3n) is 2.93. The topological polar surface area (TPSA) is 59.6 Å². The second kappa shape index (κ2) is 7.54. The van der Waals surface area contributed by atoms with Crippen molar-refractivity contribution in [3.63, 3.8) is 0 Å². The fourth-order valence-corrected chi connectivity index (χ4v) is 2.51. The van der Waals surface area contributed by atoms with Crippen LogP contribution in [0.4, 0.5) is 9.80 Å². The number of hydrogen-bond acceptors (Lipinski definition) is 4. The monoisotopic (exact) mass is 306 g/mol. The molecule has 0 spiro atoms. The largest absolute Gasteiger partial charge is 0.497 e. The van der Waals surface area contributed by atoms with Gasteiger partial charge in [-0.05, 0) is 47.7 Å². The molecule has 1 heterocycles. The molecule has 0 fully saturated rings. The normalized spacial score (nSPS) is 10.0. The summed E-state index contributed by atoms with van der Waals surface area (Å²) in [5.41, 5.74) is 0.994. The third-order valence-corrected chi connectivity index (χ3v) is 3.71. The van der Waals surface area contributed by atoms with Crippen LogP contribution in [0.3, 0.4) is 0 Å². The predicted molar refractivity (Wildman–Crippen MR) is 84.6 cm³/mol. The molecule has 2 aromatic rings. The van der Waals surface area contributed by atoms with Gasteiger partial charge in [0.2, 0.25) is 0 Å². The smallest absolute Gasteiger partial charge is 0.319 e. The number of methoxy groups -OCH3 is 2. The first-order valence-corrected chi connectivity index (χ1v) is 7.40. The zero-order valence-electron chi connectivity index (χ0n) is 12.0. The molecule has 112 valence electrons. The quantitative estimate of drug-likeness (QED) is 0.862. The summed E-state index contributed by atoms with van der Waals surface area (Å²) in [5, 5.41) is 8.33. The zero-order chi connectivity index (χ0) is 15.1. The van der Waals surface area contributed by atoms with E-state index in [1.54, 1.807) is 14.2 Å². The number of rotatable bonds is 6. The van der Waals surface area contributed by atoms with Gasteiger partial charge < -0.3 is 14.8 Å². The van der Waals surface area contributed by atoms with E-state index in [4.69, 9.17) is 9.47 Å². The van der Waals surface area contributed by atoms with Gasteiger partial charge in [0.15, 0.2) is 0 Å². The van der Waals surface area contributed by atoms with Gasteiger partial charge in [-0.15, -0.1) is 11.3 Å². The highest BCUT2D eigenvalue weighted by atomic mass is 32.1. The number of amides is 2. The maximum atomic E-state index is 11.7. The van der Waals surface area contributed by atoms with Gasteiger partial charge in [-0.25, -0.2) is 4.79 Å². The average Bonchev–Trinajstić information content (AvgIpc) is 3.00. The fraction of sp³-hybridized carbons (Fsp3) is 0.267. The number of benzene rings is 1. The first kappa shape index (κ1) is 15.2. The first-order valence-electron chi connectivity index (χ1n) is 6.52. The average molecular weight is 306 g/mol. The molecule has 0 radical (unpaired) electrons. The Balaban J connectivity index is 1.86. The van der Waals surface area contributed by atoms with E-state index in [1.165, 1.54) is 11.3 Å². The van der Waals surface area contributed by atoms with Crippen molar-refractivity contribution in [3.8, 4) is 11.5 Å². The maximum Gasteiger partial charge on any atom is 0.319 e. The van der Waals surface area contributed by atoms with Gasteiger partial charge >= 0.3 is 6.03 Å². The standard InChI is InChI=1S/C15H18N2O3S/c1-19-12-5-6-13(20-2)11(10-12)7-8-16-15(18)17-14-4-3-9-21-14/h3-6,9-10H,7-8H2,1-2H3,(H2,16,17,18). The molecular weight excluding hydrogens is 288 g/mol. The van der Waals surface area contributed by atoms with E-state index in [9.17, 15) is 4.79 Å². The zero-order valence-corrected chi connectivity index (χ0v) is 12.8. The van der Waals surface area contributed by atoms with Crippen molar-refractivity contribution in [2.45, 2.75) is 6.42 Å². The van der Waals surface area contributed by atoms with E-state index < -0.39 is 0 Å². The Kier molecular flexibility index (Phi) is 5.45. The molecule has 0 atom stereocenters. The Hall–Kier alpha value is -2.21. The number of nitrogens with one attached hydrogen (secondary N) is 2. The number of thiophene rings is 1. The van der Waals surface area contributed by atoms with Gasteiger partial charge in [0.25, 0.3) is 0 Å². The number of hydrogen-bond donors (Lipinski definition) is 2. The highest BCUT2D eigenvalue weighted by molar-refractivity contribution is 7.14. The fourth-order valence-electron chi connectivity index (χ4n) is 1.89. The Morgan fingerprint density at radius 2 is 2.10 bits per heavy atom. The molecule has 2 N–H and O–H groups in total. The van der Waals surface area contributed by atoms with Gasteiger partial charge in [0.05, 0.1) is 19.2 Å². The number of ether oxygens (including phenoxy) is 2. The summed E-state index contributed by atoms with van der Waals surface area (Å²) in [6.45, 7) is 0.515. The highest BCUT2D eigenvalue weighted by Gasteiger charge is 2.06. The number of carbonyl (C=O) groups is 1. The summed E-state index contributed by atoms with van der Waals surface area (Å²) in [7, 11) is 3.25. The lowest BCUT2D eigenvalue weighted by atomic mass is 10.1. The van der Waals surface area contributed by atoms with E-state index in [1.807, 2.05) is 35.7 Å². The molecular formula is C15H18N2O3S. The molecule has 0 aliphatic rings. The predicted octanol–water partition coefficient (Wildman–Crippen LogP) is 3.13.